The molecule has 0 aliphatic rings. The maximum atomic E-state index is 5.43. The summed E-state index contributed by atoms with van der Waals surface area (Å²) in [5.41, 5.74) is 2.14. The Hall–Kier alpha value is -1.72. The fourth-order valence-corrected chi connectivity index (χ4v) is 1.58. The lowest BCUT2D eigenvalue weighted by Crippen LogP contribution is -2.36. The van der Waals surface area contributed by atoms with Crippen LogP contribution in [0.15, 0.2) is 30.5 Å². The molecule has 1 aromatic heterocycles. The fraction of sp³-hybridized carbons (Fsp3) is 0.286. The maximum Gasteiger partial charge on any atom is 0.0743 e. The van der Waals surface area contributed by atoms with E-state index >= 15 is 0 Å². The standard InChI is InChI=1S/C14H16N2/c1-4-14(2,3)16-10-11-5-6-12-7-8-15-13(12)9-11/h1,5-9,15-16H,10H2,2-3H3. The minimum absolute atomic E-state index is 0.259. The minimum Gasteiger partial charge on any atom is -0.361 e. The molecule has 0 unspecified atom stereocenters. The Balaban J connectivity index is 2.13. The highest BCUT2D eigenvalue weighted by molar-refractivity contribution is 5.79. The van der Waals surface area contributed by atoms with Crippen LogP contribution in [0.4, 0.5) is 0 Å². The highest BCUT2D eigenvalue weighted by atomic mass is 14.9. The molecule has 0 amide bonds. The lowest BCUT2D eigenvalue weighted by atomic mass is 10.1. The van der Waals surface area contributed by atoms with Crippen molar-refractivity contribution in [1.29, 1.82) is 0 Å². The molecule has 0 radical (unpaired) electrons. The first-order valence-corrected chi connectivity index (χ1v) is 5.39. The molecule has 0 spiro atoms. The summed E-state index contributed by atoms with van der Waals surface area (Å²) < 4.78 is 0. The van der Waals surface area contributed by atoms with Gasteiger partial charge in [-0.25, -0.2) is 0 Å². The molecule has 2 aromatic rings. The Labute approximate surface area is 96.1 Å². The fourth-order valence-electron chi connectivity index (χ4n) is 1.58. The molecule has 82 valence electrons. The summed E-state index contributed by atoms with van der Waals surface area (Å²) in [5, 5.41) is 4.57. The quantitative estimate of drug-likeness (QED) is 0.752. The lowest BCUT2D eigenvalue weighted by molar-refractivity contribution is 0.491. The Morgan fingerprint density at radius 2 is 2.19 bits per heavy atom. The van der Waals surface area contributed by atoms with Crippen LogP contribution < -0.4 is 5.32 Å². The molecule has 2 nitrogen and oxygen atoms in total. The normalized spacial score (nSPS) is 11.6. The molecule has 0 aliphatic heterocycles. The molecule has 1 heterocycles. The van der Waals surface area contributed by atoms with Crippen molar-refractivity contribution in [3.05, 3.63) is 36.0 Å². The van der Waals surface area contributed by atoms with Crippen LogP contribution in [-0.4, -0.2) is 10.5 Å². The molecule has 2 N–H and O–H groups in total. The summed E-state index contributed by atoms with van der Waals surface area (Å²) in [6, 6.07) is 8.45. The number of terminal acetylenes is 1. The summed E-state index contributed by atoms with van der Waals surface area (Å²) in [5.74, 6) is 2.72. The molecule has 0 aliphatic carbocycles. The molecular weight excluding hydrogens is 196 g/mol. The molecule has 2 rings (SSSR count). The van der Waals surface area contributed by atoms with Gasteiger partial charge in [0.2, 0.25) is 0 Å². The summed E-state index contributed by atoms with van der Waals surface area (Å²) in [4.78, 5) is 3.20. The van der Waals surface area contributed by atoms with Crippen LogP contribution in [0.5, 0.6) is 0 Å². The van der Waals surface area contributed by atoms with Crippen LogP contribution in [0, 0.1) is 12.3 Å². The number of fused-ring (bicyclic) bond motifs is 1. The van der Waals surface area contributed by atoms with Crippen molar-refractivity contribution in [2.24, 2.45) is 0 Å². The molecule has 0 fully saturated rings. The predicted molar refractivity (Wildman–Crippen MR) is 68.1 cm³/mol. The number of hydrogen-bond donors (Lipinski definition) is 2. The molecule has 1 aromatic carbocycles. The van der Waals surface area contributed by atoms with E-state index in [1.807, 2.05) is 20.0 Å². The lowest BCUT2D eigenvalue weighted by Gasteiger charge is -2.19. The first kappa shape index (κ1) is 10.8. The monoisotopic (exact) mass is 212 g/mol. The number of nitrogens with one attached hydrogen (secondary N) is 2. The summed E-state index contributed by atoms with van der Waals surface area (Å²) >= 11 is 0. The van der Waals surface area contributed by atoms with Gasteiger partial charge in [-0.3, -0.25) is 5.32 Å². The molecule has 0 atom stereocenters. The molecular formula is C14H16N2. The number of aromatic nitrogens is 1. The Morgan fingerprint density at radius 3 is 2.94 bits per heavy atom. The second-order valence-electron chi connectivity index (χ2n) is 4.52. The van der Waals surface area contributed by atoms with E-state index in [0.29, 0.717) is 0 Å². The number of aromatic amines is 1. The van der Waals surface area contributed by atoms with Crippen molar-refractivity contribution in [3.63, 3.8) is 0 Å². The zero-order chi connectivity index (χ0) is 11.6. The number of benzene rings is 1. The van der Waals surface area contributed by atoms with Crippen molar-refractivity contribution in [2.45, 2.75) is 25.9 Å². The topological polar surface area (TPSA) is 27.8 Å². The summed E-state index contributed by atoms with van der Waals surface area (Å²) in [7, 11) is 0. The van der Waals surface area contributed by atoms with Gasteiger partial charge in [-0.1, -0.05) is 18.1 Å². The molecule has 0 saturated heterocycles. The van der Waals surface area contributed by atoms with E-state index in [1.54, 1.807) is 0 Å². The average Bonchev–Trinajstić information content (AvgIpc) is 2.73. The average molecular weight is 212 g/mol. The van der Waals surface area contributed by atoms with Crippen molar-refractivity contribution >= 4 is 10.9 Å². The van der Waals surface area contributed by atoms with Gasteiger partial charge >= 0.3 is 0 Å². The second-order valence-corrected chi connectivity index (χ2v) is 4.52. The van der Waals surface area contributed by atoms with Crippen LogP contribution in [0.1, 0.15) is 19.4 Å². The van der Waals surface area contributed by atoms with Crippen molar-refractivity contribution in [2.75, 3.05) is 0 Å². The van der Waals surface area contributed by atoms with E-state index in [9.17, 15) is 0 Å². The van der Waals surface area contributed by atoms with E-state index < -0.39 is 0 Å². The van der Waals surface area contributed by atoms with E-state index in [4.69, 9.17) is 6.42 Å². The zero-order valence-electron chi connectivity index (χ0n) is 9.67. The van der Waals surface area contributed by atoms with Gasteiger partial charge in [0.25, 0.3) is 0 Å². The molecule has 2 heteroatoms. The summed E-state index contributed by atoms with van der Waals surface area (Å²) in [6.07, 6.45) is 7.38. The number of rotatable bonds is 3. The molecule has 16 heavy (non-hydrogen) atoms. The second kappa shape index (κ2) is 4.03. The first-order valence-electron chi connectivity index (χ1n) is 5.39. The Bertz CT molecular complexity index is 529. The van der Waals surface area contributed by atoms with Crippen molar-refractivity contribution in [1.82, 2.24) is 10.3 Å². The van der Waals surface area contributed by atoms with E-state index in [0.717, 1.165) is 12.1 Å². The van der Waals surface area contributed by atoms with Gasteiger partial charge < -0.3 is 4.98 Å². The molecule has 0 saturated carbocycles. The van der Waals surface area contributed by atoms with Gasteiger partial charge in [-0.2, -0.15) is 0 Å². The van der Waals surface area contributed by atoms with Gasteiger partial charge in [0, 0.05) is 18.3 Å². The highest BCUT2D eigenvalue weighted by Crippen LogP contribution is 2.14. The van der Waals surface area contributed by atoms with Crippen LogP contribution in [0.3, 0.4) is 0 Å². The first-order chi connectivity index (χ1) is 7.61. The van der Waals surface area contributed by atoms with Crippen LogP contribution in [0.2, 0.25) is 0 Å². The van der Waals surface area contributed by atoms with E-state index in [2.05, 4.69) is 40.5 Å². The minimum atomic E-state index is -0.259. The summed E-state index contributed by atoms with van der Waals surface area (Å²) in [6.45, 7) is 4.78. The largest absolute Gasteiger partial charge is 0.361 e. The van der Waals surface area contributed by atoms with Crippen LogP contribution in [0.25, 0.3) is 10.9 Å². The third-order valence-corrected chi connectivity index (χ3v) is 2.71. The van der Waals surface area contributed by atoms with E-state index in [1.165, 1.54) is 10.9 Å². The highest BCUT2D eigenvalue weighted by Gasteiger charge is 2.11. The Kier molecular flexibility index (Phi) is 2.72. The van der Waals surface area contributed by atoms with Gasteiger partial charge in [0.15, 0.2) is 0 Å². The van der Waals surface area contributed by atoms with Gasteiger partial charge in [0.1, 0.15) is 0 Å². The van der Waals surface area contributed by atoms with Gasteiger partial charge in [-0.15, -0.1) is 6.42 Å². The third-order valence-electron chi connectivity index (χ3n) is 2.71. The number of hydrogen-bond acceptors (Lipinski definition) is 1. The van der Waals surface area contributed by atoms with Gasteiger partial charge in [0.05, 0.1) is 5.54 Å². The SMILES string of the molecule is C#CC(C)(C)NCc1ccc2cc[nH]c2c1. The van der Waals surface area contributed by atoms with Crippen LogP contribution >= 0.6 is 0 Å². The van der Waals surface area contributed by atoms with Crippen LogP contribution in [-0.2, 0) is 6.54 Å². The predicted octanol–water partition coefficient (Wildman–Crippen LogP) is 2.67. The molecule has 0 bridgehead atoms. The smallest absolute Gasteiger partial charge is 0.0743 e. The maximum absolute atomic E-state index is 5.43. The zero-order valence-corrected chi connectivity index (χ0v) is 9.67. The Morgan fingerprint density at radius 1 is 1.38 bits per heavy atom. The van der Waals surface area contributed by atoms with Crippen molar-refractivity contribution < 1.29 is 0 Å². The van der Waals surface area contributed by atoms with Gasteiger partial charge in [-0.05, 0) is 36.9 Å². The van der Waals surface area contributed by atoms with Crippen molar-refractivity contribution in [3.8, 4) is 12.3 Å². The van der Waals surface area contributed by atoms with E-state index in [-0.39, 0.29) is 5.54 Å². The third kappa shape index (κ3) is 2.26. The number of H-pyrrole nitrogens is 1.